The van der Waals surface area contributed by atoms with Gasteiger partial charge in [-0.2, -0.15) is 0 Å². The first-order valence-electron chi connectivity index (χ1n) is 7.20. The summed E-state index contributed by atoms with van der Waals surface area (Å²) >= 11 is 0. The fourth-order valence-electron chi connectivity index (χ4n) is 2.74. The maximum Gasteiger partial charge on any atom is 0.326 e. The first-order valence-corrected chi connectivity index (χ1v) is 7.20. The van der Waals surface area contributed by atoms with Gasteiger partial charge in [-0.1, -0.05) is 13.8 Å². The van der Waals surface area contributed by atoms with E-state index in [0.29, 0.717) is 18.4 Å². The van der Waals surface area contributed by atoms with Crippen LogP contribution in [0.3, 0.4) is 0 Å². The van der Waals surface area contributed by atoms with E-state index in [0.717, 1.165) is 5.92 Å². The van der Waals surface area contributed by atoms with Crippen molar-refractivity contribution in [2.45, 2.75) is 52.0 Å². The van der Waals surface area contributed by atoms with Crippen LogP contribution in [0.1, 0.15) is 46.0 Å². The lowest BCUT2D eigenvalue weighted by atomic mass is 10.0. The van der Waals surface area contributed by atoms with Gasteiger partial charge in [0.2, 0.25) is 0 Å². The van der Waals surface area contributed by atoms with E-state index in [1.165, 1.54) is 25.7 Å². The van der Waals surface area contributed by atoms with Gasteiger partial charge in [-0.25, -0.2) is 9.59 Å². The maximum absolute atomic E-state index is 11.8. The Bertz CT molecular complexity index is 360. The van der Waals surface area contributed by atoms with Crippen LogP contribution in [0.15, 0.2) is 0 Å². The van der Waals surface area contributed by atoms with Crippen LogP contribution >= 0.6 is 0 Å². The summed E-state index contributed by atoms with van der Waals surface area (Å²) in [6.45, 7) is 4.58. The van der Waals surface area contributed by atoms with Crippen molar-refractivity contribution in [1.82, 2.24) is 10.6 Å². The van der Waals surface area contributed by atoms with E-state index in [1.54, 1.807) is 0 Å². The Labute approximate surface area is 114 Å². The van der Waals surface area contributed by atoms with Crippen molar-refractivity contribution in [2.24, 2.45) is 17.3 Å². The van der Waals surface area contributed by atoms with E-state index >= 15 is 0 Å². The van der Waals surface area contributed by atoms with Crippen LogP contribution in [0.2, 0.25) is 0 Å². The van der Waals surface area contributed by atoms with E-state index in [1.807, 2.05) is 13.8 Å². The maximum atomic E-state index is 11.8. The molecule has 0 heterocycles. The van der Waals surface area contributed by atoms with Gasteiger partial charge in [0.05, 0.1) is 0 Å². The number of carbonyl (C=O) groups is 2. The van der Waals surface area contributed by atoms with Gasteiger partial charge in [-0.15, -0.1) is 0 Å². The summed E-state index contributed by atoms with van der Waals surface area (Å²) in [5, 5.41) is 14.5. The van der Waals surface area contributed by atoms with Gasteiger partial charge in [0.15, 0.2) is 0 Å². The second kappa shape index (κ2) is 5.39. The van der Waals surface area contributed by atoms with Gasteiger partial charge >= 0.3 is 12.0 Å². The molecule has 2 aliphatic carbocycles. The topological polar surface area (TPSA) is 78.4 Å². The second-order valence-electron chi connectivity index (χ2n) is 6.48. The predicted octanol–water partition coefficient (Wildman–Crippen LogP) is 1.98. The summed E-state index contributed by atoms with van der Waals surface area (Å²) in [7, 11) is 0. The molecule has 108 valence electrons. The molecule has 5 nitrogen and oxygen atoms in total. The number of hydrogen-bond acceptors (Lipinski definition) is 2. The Balaban J connectivity index is 1.74. The van der Waals surface area contributed by atoms with Crippen molar-refractivity contribution >= 4 is 12.0 Å². The Morgan fingerprint density at radius 1 is 1.32 bits per heavy atom. The van der Waals surface area contributed by atoms with Gasteiger partial charge < -0.3 is 15.7 Å². The molecule has 0 aromatic carbocycles. The molecule has 0 spiro atoms. The number of aliphatic carboxylic acids is 1. The molecule has 2 fully saturated rings. The molecular weight excluding hydrogens is 244 g/mol. The van der Waals surface area contributed by atoms with Crippen molar-refractivity contribution in [1.29, 1.82) is 0 Å². The van der Waals surface area contributed by atoms with Crippen molar-refractivity contribution in [3.8, 4) is 0 Å². The van der Waals surface area contributed by atoms with Gasteiger partial charge in [0, 0.05) is 6.54 Å². The number of carboxylic acids is 1. The minimum Gasteiger partial charge on any atom is -0.480 e. The molecule has 2 saturated carbocycles. The lowest BCUT2D eigenvalue weighted by Crippen LogP contribution is -2.47. The Morgan fingerprint density at radius 2 is 1.95 bits per heavy atom. The zero-order valence-corrected chi connectivity index (χ0v) is 11.7. The number of urea groups is 1. The highest BCUT2D eigenvalue weighted by molar-refractivity contribution is 5.82. The van der Waals surface area contributed by atoms with Crippen molar-refractivity contribution in [3.63, 3.8) is 0 Å². The van der Waals surface area contributed by atoms with Gasteiger partial charge in [-0.3, -0.25) is 0 Å². The van der Waals surface area contributed by atoms with Crippen LogP contribution < -0.4 is 10.6 Å². The third-order valence-electron chi connectivity index (χ3n) is 4.25. The normalized spacial score (nSPS) is 21.8. The van der Waals surface area contributed by atoms with Gasteiger partial charge in [0.25, 0.3) is 0 Å². The SMILES string of the molecule is CC(C)C[C@H](NC(=O)NCC1(C2CC2)CC1)C(=O)O. The predicted molar refractivity (Wildman–Crippen MR) is 71.8 cm³/mol. The summed E-state index contributed by atoms with van der Waals surface area (Å²) < 4.78 is 0. The number of nitrogens with one attached hydrogen (secondary N) is 2. The number of carboxylic acid groups (broad SMARTS) is 1. The number of rotatable bonds is 7. The summed E-state index contributed by atoms with van der Waals surface area (Å²) in [6.07, 6.45) is 5.43. The summed E-state index contributed by atoms with van der Waals surface area (Å²) in [5.74, 6) is 0.0635. The average Bonchev–Trinajstić information content (AvgIpc) is 3.15. The molecule has 0 aliphatic heterocycles. The molecule has 2 aliphatic rings. The summed E-state index contributed by atoms with van der Waals surface area (Å²) in [6, 6.07) is -1.14. The standard InChI is InChI=1S/C14H24N2O3/c1-9(2)7-11(12(17)18)16-13(19)15-8-14(5-6-14)10-3-4-10/h9-11H,3-8H2,1-2H3,(H,17,18)(H2,15,16,19)/t11-/m0/s1. The Kier molecular flexibility index (Phi) is 4.02. The van der Waals surface area contributed by atoms with E-state index in [2.05, 4.69) is 10.6 Å². The van der Waals surface area contributed by atoms with E-state index < -0.39 is 12.0 Å². The fourth-order valence-corrected chi connectivity index (χ4v) is 2.74. The molecule has 1 atom stereocenters. The van der Waals surface area contributed by atoms with Crippen molar-refractivity contribution in [2.75, 3.05) is 6.54 Å². The first kappa shape index (κ1) is 14.2. The van der Waals surface area contributed by atoms with Crippen molar-refractivity contribution in [3.05, 3.63) is 0 Å². The molecule has 2 amide bonds. The highest BCUT2D eigenvalue weighted by Crippen LogP contribution is 2.60. The van der Waals surface area contributed by atoms with E-state index in [4.69, 9.17) is 5.11 Å². The van der Waals surface area contributed by atoms with Crippen LogP contribution in [-0.4, -0.2) is 29.7 Å². The lowest BCUT2D eigenvalue weighted by molar-refractivity contribution is -0.139. The smallest absolute Gasteiger partial charge is 0.326 e. The number of amides is 2. The minimum absolute atomic E-state index is 0.239. The molecule has 2 rings (SSSR count). The van der Waals surface area contributed by atoms with Crippen LogP contribution in [0, 0.1) is 17.3 Å². The van der Waals surface area contributed by atoms with Crippen LogP contribution in [0.4, 0.5) is 4.79 Å². The molecule has 0 saturated heterocycles. The van der Waals surface area contributed by atoms with Crippen LogP contribution in [-0.2, 0) is 4.79 Å². The molecule has 0 aromatic rings. The highest BCUT2D eigenvalue weighted by atomic mass is 16.4. The van der Waals surface area contributed by atoms with Crippen LogP contribution in [0.5, 0.6) is 0 Å². The molecule has 19 heavy (non-hydrogen) atoms. The molecule has 0 unspecified atom stereocenters. The first-order chi connectivity index (χ1) is 8.93. The Morgan fingerprint density at radius 3 is 2.37 bits per heavy atom. The average molecular weight is 268 g/mol. The number of carbonyl (C=O) groups excluding carboxylic acids is 1. The van der Waals surface area contributed by atoms with E-state index in [-0.39, 0.29) is 11.9 Å². The van der Waals surface area contributed by atoms with Crippen molar-refractivity contribution < 1.29 is 14.7 Å². The van der Waals surface area contributed by atoms with Crippen LogP contribution in [0.25, 0.3) is 0 Å². The lowest BCUT2D eigenvalue weighted by Gasteiger charge is -2.19. The summed E-state index contributed by atoms with van der Waals surface area (Å²) in [5.41, 5.74) is 0.341. The second-order valence-corrected chi connectivity index (χ2v) is 6.48. The zero-order valence-electron chi connectivity index (χ0n) is 11.7. The zero-order chi connectivity index (χ0) is 14.0. The highest BCUT2D eigenvalue weighted by Gasteiger charge is 2.53. The summed E-state index contributed by atoms with van der Waals surface area (Å²) in [4.78, 5) is 22.8. The fraction of sp³-hybridized carbons (Fsp3) is 0.857. The molecule has 0 bridgehead atoms. The monoisotopic (exact) mass is 268 g/mol. The molecule has 5 heteroatoms. The largest absolute Gasteiger partial charge is 0.480 e. The quantitative estimate of drug-likeness (QED) is 0.660. The molecule has 3 N–H and O–H groups in total. The third-order valence-corrected chi connectivity index (χ3v) is 4.25. The van der Waals surface area contributed by atoms with Gasteiger partial charge in [0.1, 0.15) is 6.04 Å². The van der Waals surface area contributed by atoms with E-state index in [9.17, 15) is 9.59 Å². The third kappa shape index (κ3) is 3.85. The Hall–Kier alpha value is -1.26. The molecule has 0 radical (unpaired) electrons. The van der Waals surface area contributed by atoms with Gasteiger partial charge in [-0.05, 0) is 49.4 Å². The molecule has 0 aromatic heterocycles. The number of hydrogen-bond donors (Lipinski definition) is 3. The molecular formula is C14H24N2O3. The minimum atomic E-state index is -0.966.